The molecule has 0 amide bonds. The monoisotopic (exact) mass is 211 g/mol. The second-order valence-corrected chi connectivity index (χ2v) is 3.04. The van der Waals surface area contributed by atoms with Crippen LogP contribution in [0.5, 0.6) is 0 Å². The smallest absolute Gasteiger partial charge is 0.0498 e. The highest BCUT2D eigenvalue weighted by Gasteiger charge is 2.17. The van der Waals surface area contributed by atoms with E-state index in [-0.39, 0.29) is 0 Å². The van der Waals surface area contributed by atoms with E-state index in [4.69, 9.17) is 5.11 Å². The number of aliphatic hydroxyl groups excluding tert-OH is 1. The van der Waals surface area contributed by atoms with Crippen LogP contribution < -0.4 is 0 Å². The fourth-order valence-electron chi connectivity index (χ4n) is 1.57. The Labute approximate surface area is 91.9 Å². The molecule has 0 spiro atoms. The third-order valence-corrected chi connectivity index (χ3v) is 2.20. The predicted molar refractivity (Wildman–Crippen MR) is 61.7 cm³/mol. The van der Waals surface area contributed by atoms with E-state index in [1.165, 1.54) is 21.8 Å². The molecule has 15 heavy (non-hydrogen) atoms. The molecule has 1 aromatic rings. The second-order valence-electron chi connectivity index (χ2n) is 3.04. The number of aliphatic hydroxyl groups is 1. The maximum Gasteiger partial charge on any atom is 0.0498 e. The Morgan fingerprint density at radius 2 is 1.73 bits per heavy atom. The standard InChI is InChI=1S/C9H11NO.C2H6.CH4O/c1-7-3-2-4-8-5-10(11)6-9(7)8;2*1-2/h2-4,11H,5-6H2,1H3;1-2H3;2H,1H3. The van der Waals surface area contributed by atoms with Crippen molar-refractivity contribution in [2.75, 3.05) is 7.11 Å². The third-order valence-electron chi connectivity index (χ3n) is 2.20. The van der Waals surface area contributed by atoms with Crippen LogP contribution in [0.1, 0.15) is 30.5 Å². The van der Waals surface area contributed by atoms with E-state index in [9.17, 15) is 5.21 Å². The van der Waals surface area contributed by atoms with Crippen molar-refractivity contribution in [2.45, 2.75) is 33.9 Å². The number of nitrogens with zero attached hydrogens (tertiary/aromatic N) is 1. The summed E-state index contributed by atoms with van der Waals surface area (Å²) in [5.41, 5.74) is 3.82. The van der Waals surface area contributed by atoms with Gasteiger partial charge in [-0.1, -0.05) is 32.0 Å². The summed E-state index contributed by atoms with van der Waals surface area (Å²) in [5, 5.41) is 17.6. The largest absolute Gasteiger partial charge is 0.400 e. The van der Waals surface area contributed by atoms with E-state index in [2.05, 4.69) is 19.1 Å². The molecular weight excluding hydrogens is 190 g/mol. The number of rotatable bonds is 0. The van der Waals surface area contributed by atoms with Gasteiger partial charge in [0.2, 0.25) is 0 Å². The number of hydroxylamine groups is 2. The molecular formula is C12H21NO2. The number of benzene rings is 1. The van der Waals surface area contributed by atoms with Gasteiger partial charge in [0.15, 0.2) is 0 Å². The molecule has 0 fully saturated rings. The summed E-state index contributed by atoms with van der Waals surface area (Å²) in [6, 6.07) is 6.18. The van der Waals surface area contributed by atoms with Crippen LogP contribution in [0.3, 0.4) is 0 Å². The van der Waals surface area contributed by atoms with Crippen LogP contribution in [-0.2, 0) is 13.1 Å². The first-order valence-corrected chi connectivity index (χ1v) is 5.23. The average Bonchev–Trinajstić information content (AvgIpc) is 2.66. The SMILES string of the molecule is CC.CO.Cc1cccc2c1CN(O)C2. The zero-order chi connectivity index (χ0) is 11.8. The summed E-state index contributed by atoms with van der Waals surface area (Å²) in [6.45, 7) is 7.44. The number of hydrogen-bond donors (Lipinski definition) is 2. The molecule has 2 rings (SSSR count). The second kappa shape index (κ2) is 7.40. The van der Waals surface area contributed by atoms with Crippen molar-refractivity contribution in [3.63, 3.8) is 0 Å². The molecule has 86 valence electrons. The van der Waals surface area contributed by atoms with Crippen molar-refractivity contribution in [3.8, 4) is 0 Å². The van der Waals surface area contributed by atoms with Gasteiger partial charge in [-0.3, -0.25) is 0 Å². The van der Waals surface area contributed by atoms with Crippen molar-refractivity contribution in [1.29, 1.82) is 0 Å². The first kappa shape index (κ1) is 14.1. The molecule has 1 aliphatic heterocycles. The lowest BCUT2D eigenvalue weighted by molar-refractivity contribution is -0.0970. The minimum Gasteiger partial charge on any atom is -0.400 e. The van der Waals surface area contributed by atoms with Gasteiger partial charge < -0.3 is 10.3 Å². The van der Waals surface area contributed by atoms with Gasteiger partial charge >= 0.3 is 0 Å². The fourth-order valence-corrected chi connectivity index (χ4v) is 1.57. The summed E-state index contributed by atoms with van der Waals surface area (Å²) in [6.07, 6.45) is 0. The Balaban J connectivity index is 0.000000442. The van der Waals surface area contributed by atoms with Gasteiger partial charge in [-0.25, -0.2) is 0 Å². The van der Waals surface area contributed by atoms with E-state index in [1.54, 1.807) is 0 Å². The first-order valence-electron chi connectivity index (χ1n) is 5.23. The summed E-state index contributed by atoms with van der Waals surface area (Å²) in [5.74, 6) is 0. The molecule has 3 nitrogen and oxygen atoms in total. The number of fused-ring (bicyclic) bond motifs is 1. The van der Waals surface area contributed by atoms with Gasteiger partial charge in [0, 0.05) is 20.2 Å². The van der Waals surface area contributed by atoms with E-state index in [1.807, 2.05) is 19.9 Å². The quantitative estimate of drug-likeness (QED) is 0.692. The highest BCUT2D eigenvalue weighted by Crippen LogP contribution is 2.23. The fraction of sp³-hybridized carbons (Fsp3) is 0.500. The van der Waals surface area contributed by atoms with Crippen molar-refractivity contribution < 1.29 is 10.3 Å². The highest BCUT2D eigenvalue weighted by molar-refractivity contribution is 5.36. The van der Waals surface area contributed by atoms with Crippen LogP contribution in [0, 0.1) is 6.92 Å². The molecule has 1 heterocycles. The zero-order valence-electron chi connectivity index (χ0n) is 9.99. The van der Waals surface area contributed by atoms with Gasteiger partial charge in [-0.05, 0) is 23.6 Å². The number of hydrogen-bond acceptors (Lipinski definition) is 3. The van der Waals surface area contributed by atoms with E-state index in [0.29, 0.717) is 13.1 Å². The topological polar surface area (TPSA) is 43.7 Å². The summed E-state index contributed by atoms with van der Waals surface area (Å²) >= 11 is 0. The van der Waals surface area contributed by atoms with Gasteiger partial charge in [0.25, 0.3) is 0 Å². The van der Waals surface area contributed by atoms with Crippen LogP contribution in [0.25, 0.3) is 0 Å². The molecule has 2 N–H and O–H groups in total. The van der Waals surface area contributed by atoms with Crippen molar-refractivity contribution in [1.82, 2.24) is 5.06 Å². The van der Waals surface area contributed by atoms with Gasteiger partial charge in [0.05, 0.1) is 0 Å². The van der Waals surface area contributed by atoms with Gasteiger partial charge in [0.1, 0.15) is 0 Å². The Hall–Kier alpha value is -0.900. The molecule has 0 unspecified atom stereocenters. The minimum absolute atomic E-state index is 0.678. The molecule has 0 saturated heterocycles. The van der Waals surface area contributed by atoms with E-state index < -0.39 is 0 Å². The van der Waals surface area contributed by atoms with Crippen molar-refractivity contribution >= 4 is 0 Å². The first-order chi connectivity index (χ1) is 7.27. The lowest BCUT2D eigenvalue weighted by Crippen LogP contribution is -2.08. The van der Waals surface area contributed by atoms with E-state index >= 15 is 0 Å². The van der Waals surface area contributed by atoms with E-state index in [0.717, 1.165) is 7.11 Å². The summed E-state index contributed by atoms with van der Waals surface area (Å²) in [4.78, 5) is 0. The lowest BCUT2D eigenvalue weighted by Gasteiger charge is -2.01. The molecule has 1 aliphatic rings. The van der Waals surface area contributed by atoms with Crippen molar-refractivity contribution in [3.05, 3.63) is 34.9 Å². The van der Waals surface area contributed by atoms with Crippen LogP contribution in [-0.4, -0.2) is 22.5 Å². The molecule has 0 saturated carbocycles. The minimum atomic E-state index is 0.678. The van der Waals surface area contributed by atoms with Gasteiger partial charge in [-0.2, -0.15) is 5.06 Å². The molecule has 0 atom stereocenters. The summed E-state index contributed by atoms with van der Waals surface area (Å²) in [7, 11) is 1.00. The molecule has 0 bridgehead atoms. The Morgan fingerprint density at radius 1 is 1.13 bits per heavy atom. The number of aryl methyl sites for hydroxylation is 1. The molecule has 3 heteroatoms. The Bertz CT molecular complexity index is 287. The zero-order valence-corrected chi connectivity index (χ0v) is 9.99. The van der Waals surface area contributed by atoms with Crippen LogP contribution in [0.4, 0.5) is 0 Å². The molecule has 0 aromatic heterocycles. The maximum absolute atomic E-state index is 9.21. The lowest BCUT2D eigenvalue weighted by atomic mass is 10.1. The van der Waals surface area contributed by atoms with Crippen LogP contribution in [0.15, 0.2) is 18.2 Å². The van der Waals surface area contributed by atoms with Crippen molar-refractivity contribution in [2.24, 2.45) is 0 Å². The average molecular weight is 211 g/mol. The highest BCUT2D eigenvalue weighted by atomic mass is 16.5. The summed E-state index contributed by atoms with van der Waals surface area (Å²) < 4.78 is 0. The normalized spacial score (nSPS) is 13.2. The third kappa shape index (κ3) is 3.63. The molecule has 0 radical (unpaired) electrons. The molecule has 0 aliphatic carbocycles. The predicted octanol–water partition coefficient (Wildman–Crippen LogP) is 2.33. The van der Waals surface area contributed by atoms with Gasteiger partial charge in [-0.15, -0.1) is 0 Å². The Morgan fingerprint density at radius 3 is 2.27 bits per heavy atom. The molecule has 1 aromatic carbocycles. The maximum atomic E-state index is 9.21. The van der Waals surface area contributed by atoms with Crippen LogP contribution >= 0.6 is 0 Å². The van der Waals surface area contributed by atoms with Crippen LogP contribution in [0.2, 0.25) is 0 Å². The Kier molecular flexibility index (Phi) is 6.96.